The molecule has 0 amide bonds. The fraction of sp³-hybridized carbons (Fsp3) is 0.179. The average molecular weight is 519 g/mol. The number of piperidine rings is 1. The van der Waals surface area contributed by atoms with Gasteiger partial charge in [-0.25, -0.2) is 4.39 Å². The molecule has 9 heteroatoms. The van der Waals surface area contributed by atoms with Gasteiger partial charge in [0, 0.05) is 30.8 Å². The summed E-state index contributed by atoms with van der Waals surface area (Å²) in [4.78, 5) is 15.1. The number of halogens is 7. The SMILES string of the molecule is O=C1/C(=C/c2ccc(C(F)(F)F)cc2)CN(Cc2ccc(F)cc2)C/C1=C\c1ccc(C(F)(F)F)cc1. The Morgan fingerprint density at radius 3 is 1.43 bits per heavy atom. The van der Waals surface area contributed by atoms with Crippen LogP contribution in [0.5, 0.6) is 0 Å². The van der Waals surface area contributed by atoms with Crippen LogP contribution < -0.4 is 0 Å². The van der Waals surface area contributed by atoms with Crippen molar-refractivity contribution in [1.82, 2.24) is 4.90 Å². The van der Waals surface area contributed by atoms with Gasteiger partial charge in [0.05, 0.1) is 11.1 Å². The normalized spacial score (nSPS) is 17.5. The van der Waals surface area contributed by atoms with E-state index < -0.39 is 29.3 Å². The van der Waals surface area contributed by atoms with E-state index in [1.165, 1.54) is 48.6 Å². The van der Waals surface area contributed by atoms with Crippen molar-refractivity contribution < 1.29 is 35.5 Å². The molecule has 1 fully saturated rings. The minimum atomic E-state index is -4.49. The number of rotatable bonds is 4. The highest BCUT2D eigenvalue weighted by atomic mass is 19.4. The highest BCUT2D eigenvalue weighted by molar-refractivity contribution is 6.14. The van der Waals surface area contributed by atoms with Gasteiger partial charge >= 0.3 is 12.4 Å². The van der Waals surface area contributed by atoms with Crippen LogP contribution in [0.2, 0.25) is 0 Å². The third-order valence-electron chi connectivity index (χ3n) is 5.85. The Morgan fingerprint density at radius 2 is 1.05 bits per heavy atom. The second-order valence-corrected chi connectivity index (χ2v) is 8.68. The lowest BCUT2D eigenvalue weighted by Gasteiger charge is -2.30. The van der Waals surface area contributed by atoms with E-state index in [-0.39, 0.29) is 18.9 Å². The highest BCUT2D eigenvalue weighted by Gasteiger charge is 2.31. The van der Waals surface area contributed by atoms with E-state index in [1.54, 1.807) is 12.1 Å². The number of likely N-dealkylation sites (tertiary alicyclic amines) is 1. The van der Waals surface area contributed by atoms with Crippen LogP contribution in [0.3, 0.4) is 0 Å². The van der Waals surface area contributed by atoms with Crippen LogP contribution in [0.15, 0.2) is 83.9 Å². The lowest BCUT2D eigenvalue weighted by atomic mass is 9.93. The van der Waals surface area contributed by atoms with E-state index in [0.717, 1.165) is 29.8 Å². The van der Waals surface area contributed by atoms with Crippen molar-refractivity contribution in [1.29, 1.82) is 0 Å². The molecule has 1 aliphatic rings. The summed E-state index contributed by atoms with van der Waals surface area (Å²) in [7, 11) is 0. The maximum Gasteiger partial charge on any atom is 0.416 e. The molecule has 192 valence electrons. The summed E-state index contributed by atoms with van der Waals surface area (Å²) < 4.78 is 90.7. The van der Waals surface area contributed by atoms with Crippen molar-refractivity contribution in [2.45, 2.75) is 18.9 Å². The number of carbonyl (C=O) groups excluding carboxylic acids is 1. The third-order valence-corrected chi connectivity index (χ3v) is 5.85. The minimum absolute atomic E-state index is 0.182. The number of benzene rings is 3. The molecule has 0 spiro atoms. The monoisotopic (exact) mass is 519 g/mol. The molecule has 0 aromatic heterocycles. The zero-order valence-corrected chi connectivity index (χ0v) is 19.2. The summed E-state index contributed by atoms with van der Waals surface area (Å²) in [5.74, 6) is -0.751. The first-order valence-electron chi connectivity index (χ1n) is 11.2. The Labute approximate surface area is 208 Å². The molecule has 4 rings (SSSR count). The van der Waals surface area contributed by atoms with Gasteiger partial charge < -0.3 is 0 Å². The predicted octanol–water partition coefficient (Wildman–Crippen LogP) is 7.42. The average Bonchev–Trinajstić information content (AvgIpc) is 2.83. The van der Waals surface area contributed by atoms with Crippen LogP contribution in [0.4, 0.5) is 30.7 Å². The molecule has 0 aliphatic carbocycles. The number of Topliss-reactive ketones (excluding diaryl/α,β-unsaturated/α-hetero) is 1. The van der Waals surface area contributed by atoms with Gasteiger partial charge in [-0.2, -0.15) is 26.3 Å². The first kappa shape index (κ1) is 26.3. The number of hydrogen-bond acceptors (Lipinski definition) is 2. The maximum atomic E-state index is 13.3. The Balaban J connectivity index is 1.66. The largest absolute Gasteiger partial charge is 0.416 e. The molecule has 0 radical (unpaired) electrons. The molecule has 1 saturated heterocycles. The highest BCUT2D eigenvalue weighted by Crippen LogP contribution is 2.31. The Kier molecular flexibility index (Phi) is 7.36. The van der Waals surface area contributed by atoms with E-state index in [0.29, 0.717) is 28.8 Å². The van der Waals surface area contributed by atoms with Crippen molar-refractivity contribution in [2.24, 2.45) is 0 Å². The maximum absolute atomic E-state index is 13.3. The molecular weight excluding hydrogens is 499 g/mol. The van der Waals surface area contributed by atoms with Crippen LogP contribution in [0.1, 0.15) is 27.8 Å². The van der Waals surface area contributed by atoms with E-state index in [9.17, 15) is 35.5 Å². The van der Waals surface area contributed by atoms with Crippen molar-refractivity contribution in [3.05, 3.63) is 118 Å². The molecule has 0 bridgehead atoms. The van der Waals surface area contributed by atoms with E-state index in [4.69, 9.17) is 0 Å². The number of nitrogens with zero attached hydrogens (tertiary/aromatic N) is 1. The first-order chi connectivity index (χ1) is 17.4. The van der Waals surface area contributed by atoms with Crippen LogP contribution in [0.25, 0.3) is 12.2 Å². The molecule has 3 aromatic rings. The fourth-order valence-corrected chi connectivity index (χ4v) is 4.01. The van der Waals surface area contributed by atoms with Gasteiger partial charge in [-0.05, 0) is 65.2 Å². The predicted molar refractivity (Wildman–Crippen MR) is 126 cm³/mol. The third kappa shape index (κ3) is 6.74. The standard InChI is InChI=1S/C28H20F7NO/c29-25-11-5-20(6-12-25)15-36-16-21(13-18-1-7-23(8-2-18)27(30,31)32)26(37)22(17-36)14-19-3-9-24(10-4-19)28(33,34)35/h1-14H,15-17H2/b21-13+,22-14+. The van der Waals surface area contributed by atoms with Crippen molar-refractivity contribution in [3.8, 4) is 0 Å². The van der Waals surface area contributed by atoms with E-state index in [1.807, 2.05) is 4.90 Å². The Morgan fingerprint density at radius 1 is 0.649 bits per heavy atom. The van der Waals surface area contributed by atoms with Gasteiger partial charge in [-0.15, -0.1) is 0 Å². The number of carbonyl (C=O) groups is 1. The van der Waals surface area contributed by atoms with Crippen LogP contribution in [0, 0.1) is 5.82 Å². The molecule has 0 N–H and O–H groups in total. The van der Waals surface area contributed by atoms with Crippen LogP contribution in [-0.2, 0) is 23.7 Å². The summed E-state index contributed by atoms with van der Waals surface area (Å²) in [6.45, 7) is 0.714. The van der Waals surface area contributed by atoms with Gasteiger partial charge in [0.2, 0.25) is 0 Å². The molecule has 1 aliphatic heterocycles. The Hall–Kier alpha value is -3.72. The van der Waals surface area contributed by atoms with Crippen molar-refractivity contribution in [3.63, 3.8) is 0 Å². The minimum Gasteiger partial charge on any atom is -0.290 e. The summed E-state index contributed by atoms with van der Waals surface area (Å²) in [5.41, 5.74) is 0.565. The second-order valence-electron chi connectivity index (χ2n) is 8.68. The molecular formula is C28H20F7NO. The van der Waals surface area contributed by atoms with Crippen molar-refractivity contribution in [2.75, 3.05) is 13.1 Å². The van der Waals surface area contributed by atoms with Crippen molar-refractivity contribution >= 4 is 17.9 Å². The molecule has 0 saturated carbocycles. The molecule has 0 unspecified atom stereocenters. The van der Waals surface area contributed by atoms with Crippen LogP contribution in [-0.4, -0.2) is 23.8 Å². The summed E-state index contributed by atoms with van der Waals surface area (Å²) in [5, 5.41) is 0. The Bertz CT molecular complexity index is 1240. The lowest BCUT2D eigenvalue weighted by Crippen LogP contribution is -2.37. The number of hydrogen-bond donors (Lipinski definition) is 0. The zero-order chi connectivity index (χ0) is 26.8. The lowest BCUT2D eigenvalue weighted by molar-refractivity contribution is -0.138. The number of ketones is 1. The zero-order valence-electron chi connectivity index (χ0n) is 19.2. The van der Waals surface area contributed by atoms with Gasteiger partial charge in [0.15, 0.2) is 5.78 Å². The van der Waals surface area contributed by atoms with Gasteiger partial charge in [-0.3, -0.25) is 9.69 Å². The van der Waals surface area contributed by atoms with Gasteiger partial charge in [0.1, 0.15) is 5.82 Å². The molecule has 0 atom stereocenters. The quantitative estimate of drug-likeness (QED) is 0.264. The second kappa shape index (κ2) is 10.3. The molecule has 3 aromatic carbocycles. The fourth-order valence-electron chi connectivity index (χ4n) is 4.01. The molecule has 37 heavy (non-hydrogen) atoms. The number of alkyl halides is 6. The first-order valence-corrected chi connectivity index (χ1v) is 11.2. The van der Waals surface area contributed by atoms with Gasteiger partial charge in [-0.1, -0.05) is 36.4 Å². The van der Waals surface area contributed by atoms with E-state index >= 15 is 0 Å². The smallest absolute Gasteiger partial charge is 0.290 e. The van der Waals surface area contributed by atoms with Crippen LogP contribution >= 0.6 is 0 Å². The topological polar surface area (TPSA) is 20.3 Å². The summed E-state index contributed by atoms with van der Waals surface area (Å²) >= 11 is 0. The molecule has 2 nitrogen and oxygen atoms in total. The van der Waals surface area contributed by atoms with Gasteiger partial charge in [0.25, 0.3) is 0 Å². The summed E-state index contributed by atoms with van der Waals surface area (Å²) in [6, 6.07) is 14.6. The summed E-state index contributed by atoms with van der Waals surface area (Å²) in [6.07, 6.45) is -5.98. The molecule has 1 heterocycles. The van der Waals surface area contributed by atoms with E-state index in [2.05, 4.69) is 0 Å².